The summed E-state index contributed by atoms with van der Waals surface area (Å²) in [6, 6.07) is 0.705. The second kappa shape index (κ2) is 13.2. The van der Waals surface area contributed by atoms with E-state index in [2.05, 4.69) is 29.3 Å². The van der Waals surface area contributed by atoms with Crippen LogP contribution in [-0.4, -0.2) is 33.7 Å². The van der Waals surface area contributed by atoms with Gasteiger partial charge in [0.1, 0.15) is 0 Å². The summed E-state index contributed by atoms with van der Waals surface area (Å²) in [4.78, 5) is 4.35. The molecule has 0 aliphatic carbocycles. The number of halogens is 2. The van der Waals surface area contributed by atoms with Crippen molar-refractivity contribution in [2.45, 2.75) is 65.3 Å². The number of nitrogens with zero attached hydrogens (tertiary/aromatic N) is 4. The summed E-state index contributed by atoms with van der Waals surface area (Å²) in [5.74, 6) is 0.925. The van der Waals surface area contributed by atoms with Gasteiger partial charge in [0.15, 0.2) is 36.3 Å². The molecule has 2 heterocycles. The van der Waals surface area contributed by atoms with Gasteiger partial charge >= 0.3 is 0 Å². The molecule has 0 amide bonds. The van der Waals surface area contributed by atoms with Crippen LogP contribution < -0.4 is 5.32 Å². The topological polar surface area (TPSA) is 43.2 Å². The molecule has 0 fully saturated rings. The van der Waals surface area contributed by atoms with Gasteiger partial charge in [-0.1, -0.05) is 33.1 Å². The van der Waals surface area contributed by atoms with Crippen molar-refractivity contribution in [1.29, 1.82) is 0 Å². The summed E-state index contributed by atoms with van der Waals surface area (Å²) in [5.41, 5.74) is 0.771. The largest absolute Gasteiger partial charge is 0.317 e. The Morgan fingerprint density at radius 2 is 2.04 bits per heavy atom. The van der Waals surface area contributed by atoms with Gasteiger partial charge in [-0.3, -0.25) is 0 Å². The van der Waals surface area contributed by atoms with E-state index in [4.69, 9.17) is 0 Å². The second-order valence-corrected chi connectivity index (χ2v) is 7.19. The van der Waals surface area contributed by atoms with Crippen LogP contribution in [0.2, 0.25) is 0 Å². The average molecular weight is 406 g/mol. The Morgan fingerprint density at radius 1 is 1.31 bits per heavy atom. The van der Waals surface area contributed by atoms with E-state index in [-0.39, 0.29) is 24.7 Å². The molecule has 0 aromatic heterocycles. The van der Waals surface area contributed by atoms with Crippen LogP contribution in [0.3, 0.4) is 0 Å². The van der Waals surface area contributed by atoms with Crippen molar-refractivity contribution < 1.29 is 7.77 Å². The first kappa shape index (κ1) is 23.0. The van der Waals surface area contributed by atoms with Gasteiger partial charge in [0.05, 0.1) is 0 Å². The maximum atomic E-state index is 12.6. The minimum Gasteiger partial charge on any atom is -0.317 e. The molecule has 0 aromatic rings. The highest BCUT2D eigenvalue weighted by Gasteiger charge is 2.27. The molecule has 0 radical (unpaired) electrons. The molecule has 0 spiro atoms. The smallest absolute Gasteiger partial charge is 0.179 e. The Labute approximate surface area is 164 Å². The van der Waals surface area contributed by atoms with Crippen LogP contribution in [0.25, 0.3) is 0 Å². The minimum absolute atomic E-state index is 0.200. The van der Waals surface area contributed by atoms with E-state index in [9.17, 15) is 7.77 Å². The Balaban J connectivity index is 0.000000321. The third-order valence-corrected chi connectivity index (χ3v) is 4.96. The second-order valence-electron chi connectivity index (χ2n) is 5.95. The highest BCUT2D eigenvalue weighted by Crippen LogP contribution is 2.35. The molecule has 2 aliphatic heterocycles. The number of rotatable bonds is 9. The van der Waals surface area contributed by atoms with Gasteiger partial charge in [-0.05, 0) is 32.9 Å². The molecular formula is C17H29F2N5S2. The number of fused-ring (bicyclic) bond motifs is 1. The molecule has 0 saturated carbocycles. The molecule has 1 atom stereocenters. The molecule has 0 saturated heterocycles. The molecule has 1 N–H and O–H groups in total. The van der Waals surface area contributed by atoms with Crippen LogP contribution in [0.4, 0.5) is 7.77 Å². The maximum absolute atomic E-state index is 12.6. The van der Waals surface area contributed by atoms with E-state index < -0.39 is 0 Å². The van der Waals surface area contributed by atoms with Crippen molar-refractivity contribution >= 4 is 36.6 Å². The minimum atomic E-state index is -0.200. The molecule has 5 nitrogen and oxygen atoms in total. The summed E-state index contributed by atoms with van der Waals surface area (Å²) >= 11 is -0.400. The Kier molecular flexibility index (Phi) is 11.6. The van der Waals surface area contributed by atoms with Gasteiger partial charge in [0.25, 0.3) is 0 Å². The van der Waals surface area contributed by atoms with Crippen LogP contribution in [0.15, 0.2) is 33.9 Å². The van der Waals surface area contributed by atoms with Crippen LogP contribution in [-0.2, 0) is 0 Å². The van der Waals surface area contributed by atoms with Crippen LogP contribution >= 0.6 is 24.7 Å². The molecule has 1 unspecified atom stereocenters. The predicted molar refractivity (Wildman–Crippen MR) is 111 cm³/mol. The van der Waals surface area contributed by atoms with E-state index in [1.54, 1.807) is 12.3 Å². The Morgan fingerprint density at radius 3 is 2.62 bits per heavy atom. The summed E-state index contributed by atoms with van der Waals surface area (Å²) in [6.45, 7) is 6.41. The van der Waals surface area contributed by atoms with Crippen molar-refractivity contribution in [3.63, 3.8) is 0 Å². The lowest BCUT2D eigenvalue weighted by Gasteiger charge is -2.30. The number of hydrogen-bond donors (Lipinski definition) is 1. The van der Waals surface area contributed by atoms with Gasteiger partial charge in [0, 0.05) is 30.5 Å². The first-order valence-corrected chi connectivity index (χ1v) is 10.3. The van der Waals surface area contributed by atoms with Crippen LogP contribution in [0.1, 0.15) is 59.3 Å². The summed E-state index contributed by atoms with van der Waals surface area (Å²) in [5, 5.41) is 8.72. The molecule has 0 bridgehead atoms. The lowest BCUT2D eigenvalue weighted by molar-refractivity contribution is 0.392. The highest BCUT2D eigenvalue weighted by molar-refractivity contribution is 8.07. The fraction of sp³-hybridized carbons (Fsp3) is 0.647. The molecule has 0 aromatic carbocycles. The lowest BCUT2D eigenvalue weighted by Crippen LogP contribution is -2.28. The summed E-state index contributed by atoms with van der Waals surface area (Å²) in [6.07, 6.45) is 11.9. The fourth-order valence-electron chi connectivity index (χ4n) is 2.33. The molecule has 9 heteroatoms. The van der Waals surface area contributed by atoms with E-state index in [0.717, 1.165) is 9.42 Å². The summed E-state index contributed by atoms with van der Waals surface area (Å²) in [7, 11) is 2.02. The first-order valence-electron chi connectivity index (χ1n) is 8.97. The van der Waals surface area contributed by atoms with Gasteiger partial charge in [0.2, 0.25) is 0 Å². The number of nitrogens with one attached hydrogen (secondary N) is 1. The summed E-state index contributed by atoms with van der Waals surface area (Å²) < 4.78 is 26.1. The highest BCUT2D eigenvalue weighted by atomic mass is 32.3. The number of hydrazone groups is 1. The van der Waals surface area contributed by atoms with Crippen LogP contribution in [0, 0.1) is 0 Å². The van der Waals surface area contributed by atoms with E-state index in [1.165, 1.54) is 30.7 Å². The van der Waals surface area contributed by atoms with Crippen molar-refractivity contribution in [2.75, 3.05) is 7.05 Å². The van der Waals surface area contributed by atoms with E-state index in [1.807, 2.05) is 20.0 Å². The fourth-order valence-corrected chi connectivity index (χ4v) is 2.82. The van der Waals surface area contributed by atoms with Crippen molar-refractivity contribution in [3.05, 3.63) is 23.8 Å². The number of allylic oxidation sites excluding steroid dienone is 2. The maximum Gasteiger partial charge on any atom is 0.179 e. The normalized spacial score (nSPS) is 16.7. The van der Waals surface area contributed by atoms with Gasteiger partial charge < -0.3 is 5.32 Å². The van der Waals surface area contributed by atoms with Crippen molar-refractivity contribution in [2.24, 2.45) is 10.1 Å². The molecular weight excluding hydrogens is 376 g/mol. The van der Waals surface area contributed by atoms with E-state index in [0.29, 0.717) is 30.5 Å². The third kappa shape index (κ3) is 7.28. The Bertz CT molecular complexity index is 533. The molecule has 2 rings (SSSR count). The zero-order chi connectivity index (χ0) is 19.4. The monoisotopic (exact) mass is 405 g/mol. The number of unbranched alkanes of at least 4 members (excludes halogenated alkanes) is 2. The zero-order valence-corrected chi connectivity index (χ0v) is 17.5. The van der Waals surface area contributed by atoms with Gasteiger partial charge in [-0.2, -0.15) is 13.8 Å². The van der Waals surface area contributed by atoms with Crippen LogP contribution in [0.5, 0.6) is 0 Å². The first-order chi connectivity index (χ1) is 12.6. The number of aliphatic imine (C=N–C) groups is 1. The predicted octanol–water partition coefficient (Wildman–Crippen LogP) is 5.77. The molecule has 2 aliphatic rings. The molecule has 26 heavy (non-hydrogen) atoms. The standard InChI is InChI=1S/C9H10F2N4S2.C8H19N/c1-2-7-6-9(15(16-10)17-11)14-8(13-7)4-3-5-12-14;1-4-5-6-7-8(2)9-3/h4-6H,2-3H2,1H3;8-9H,4-7H2,1-3H3. The third-order valence-electron chi connectivity index (χ3n) is 4.00. The SMILES string of the molecule is CCC1=NC2=CCC=NN2C(N(SF)SF)=C1.CCCCCC(C)NC. The van der Waals surface area contributed by atoms with Crippen molar-refractivity contribution in [1.82, 2.24) is 14.0 Å². The zero-order valence-electron chi connectivity index (χ0n) is 15.9. The van der Waals surface area contributed by atoms with Gasteiger partial charge in [-0.25, -0.2) is 4.99 Å². The molecule has 148 valence electrons. The van der Waals surface area contributed by atoms with E-state index >= 15 is 0 Å². The van der Waals surface area contributed by atoms with Crippen molar-refractivity contribution in [3.8, 4) is 0 Å². The average Bonchev–Trinajstić information content (AvgIpc) is 2.69. The lowest BCUT2D eigenvalue weighted by atomic mass is 10.1. The Hall–Kier alpha value is -1.06. The number of hydrogen-bond acceptors (Lipinski definition) is 7. The van der Waals surface area contributed by atoms with Gasteiger partial charge in [-0.15, -0.1) is 7.77 Å². The quantitative estimate of drug-likeness (QED) is 0.390.